The van der Waals surface area contributed by atoms with E-state index in [-0.39, 0.29) is 0 Å². The van der Waals surface area contributed by atoms with Gasteiger partial charge in [-0.1, -0.05) is 42.5 Å². The van der Waals surface area contributed by atoms with E-state index >= 15 is 0 Å². The summed E-state index contributed by atoms with van der Waals surface area (Å²) in [6.07, 6.45) is 9.24. The van der Waals surface area contributed by atoms with Crippen molar-refractivity contribution in [2.45, 2.75) is 13.1 Å². The molecule has 0 aliphatic heterocycles. The molecule has 7 rings (SSSR count). The SMILES string of the molecule is c1ccc(CNCc2cncc(-c3cc4c(-c5cc6c(-c7ccncc7)cccc6[nH]5)n[nH]c4cn3)c2)cc1. The Kier molecular flexibility index (Phi) is 5.88. The summed E-state index contributed by atoms with van der Waals surface area (Å²) < 4.78 is 0. The van der Waals surface area contributed by atoms with Crippen LogP contribution in [0, 0.1) is 0 Å². The zero-order valence-corrected chi connectivity index (χ0v) is 21.1. The molecule has 5 heterocycles. The van der Waals surface area contributed by atoms with Crippen molar-refractivity contribution in [2.75, 3.05) is 0 Å². The van der Waals surface area contributed by atoms with Crippen LogP contribution < -0.4 is 5.32 Å². The number of fused-ring (bicyclic) bond motifs is 2. The van der Waals surface area contributed by atoms with Crippen molar-refractivity contribution in [1.82, 2.24) is 35.5 Å². The lowest BCUT2D eigenvalue weighted by Gasteiger charge is -2.07. The van der Waals surface area contributed by atoms with Crippen LogP contribution in [0.5, 0.6) is 0 Å². The van der Waals surface area contributed by atoms with E-state index in [0.29, 0.717) is 0 Å². The number of hydrogen-bond donors (Lipinski definition) is 3. The van der Waals surface area contributed by atoms with Crippen molar-refractivity contribution in [3.8, 4) is 33.8 Å². The first kappa shape index (κ1) is 23.0. The van der Waals surface area contributed by atoms with E-state index in [0.717, 1.165) is 74.2 Å². The predicted octanol–water partition coefficient (Wildman–Crippen LogP) is 6.52. The van der Waals surface area contributed by atoms with E-state index in [1.165, 1.54) is 5.56 Å². The van der Waals surface area contributed by atoms with Gasteiger partial charge in [-0.2, -0.15) is 5.10 Å². The van der Waals surface area contributed by atoms with Gasteiger partial charge in [0, 0.05) is 59.7 Å². The topological polar surface area (TPSA) is 95.2 Å². The molecule has 7 nitrogen and oxygen atoms in total. The molecular weight excluding hydrogens is 482 g/mol. The third kappa shape index (κ3) is 4.56. The molecule has 0 aliphatic rings. The Labute approximate surface area is 225 Å². The van der Waals surface area contributed by atoms with E-state index in [9.17, 15) is 0 Å². The predicted molar refractivity (Wildman–Crippen MR) is 155 cm³/mol. The highest BCUT2D eigenvalue weighted by atomic mass is 15.1. The fraction of sp³-hybridized carbons (Fsp3) is 0.0625. The van der Waals surface area contributed by atoms with E-state index in [1.807, 2.05) is 49.2 Å². The largest absolute Gasteiger partial charge is 0.353 e. The van der Waals surface area contributed by atoms with Crippen LogP contribution in [0.2, 0.25) is 0 Å². The summed E-state index contributed by atoms with van der Waals surface area (Å²) in [4.78, 5) is 16.9. The number of rotatable bonds is 7. The zero-order valence-electron chi connectivity index (χ0n) is 21.1. The number of H-pyrrole nitrogens is 2. The molecule has 0 saturated heterocycles. The molecule has 0 amide bonds. The second-order valence-corrected chi connectivity index (χ2v) is 9.54. The number of hydrogen-bond acceptors (Lipinski definition) is 5. The number of benzene rings is 2. The van der Waals surface area contributed by atoms with E-state index in [2.05, 4.69) is 91.1 Å². The van der Waals surface area contributed by atoms with Crippen LogP contribution >= 0.6 is 0 Å². The molecular formula is C32H25N7. The van der Waals surface area contributed by atoms with Gasteiger partial charge in [0.25, 0.3) is 0 Å². The second kappa shape index (κ2) is 9.96. The van der Waals surface area contributed by atoms with Crippen LogP contribution in [-0.4, -0.2) is 30.1 Å². The summed E-state index contributed by atoms with van der Waals surface area (Å²) in [7, 11) is 0. The van der Waals surface area contributed by atoms with Crippen molar-refractivity contribution in [1.29, 1.82) is 0 Å². The van der Waals surface area contributed by atoms with Gasteiger partial charge in [0.05, 0.1) is 23.1 Å². The van der Waals surface area contributed by atoms with Crippen molar-refractivity contribution in [2.24, 2.45) is 0 Å². The van der Waals surface area contributed by atoms with E-state index in [1.54, 1.807) is 0 Å². The molecule has 0 fully saturated rings. The first-order chi connectivity index (χ1) is 19.3. The Morgan fingerprint density at radius 1 is 0.667 bits per heavy atom. The van der Waals surface area contributed by atoms with E-state index in [4.69, 9.17) is 4.98 Å². The lowest BCUT2D eigenvalue weighted by molar-refractivity contribution is 0.691. The maximum absolute atomic E-state index is 4.70. The van der Waals surface area contributed by atoms with Crippen LogP contribution in [0.3, 0.4) is 0 Å². The molecule has 39 heavy (non-hydrogen) atoms. The lowest BCUT2D eigenvalue weighted by Crippen LogP contribution is -2.12. The van der Waals surface area contributed by atoms with Gasteiger partial charge in [-0.3, -0.25) is 20.1 Å². The Morgan fingerprint density at radius 3 is 2.44 bits per heavy atom. The normalized spacial score (nSPS) is 11.4. The fourth-order valence-corrected chi connectivity index (χ4v) is 5.02. The molecule has 7 aromatic rings. The molecule has 0 unspecified atom stereocenters. The summed E-state index contributed by atoms with van der Waals surface area (Å²) in [6.45, 7) is 1.53. The quantitative estimate of drug-likeness (QED) is 0.228. The van der Waals surface area contributed by atoms with Gasteiger partial charge in [-0.15, -0.1) is 0 Å². The van der Waals surface area contributed by atoms with Crippen molar-refractivity contribution >= 4 is 21.8 Å². The van der Waals surface area contributed by atoms with Gasteiger partial charge in [0.2, 0.25) is 0 Å². The minimum atomic E-state index is 0.726. The molecule has 0 spiro atoms. The molecule has 7 heteroatoms. The highest BCUT2D eigenvalue weighted by Crippen LogP contribution is 2.34. The van der Waals surface area contributed by atoms with Crippen LogP contribution in [0.4, 0.5) is 0 Å². The van der Waals surface area contributed by atoms with Crippen LogP contribution in [-0.2, 0) is 13.1 Å². The first-order valence-electron chi connectivity index (χ1n) is 12.9. The average Bonchev–Trinajstić information content (AvgIpc) is 3.62. The maximum atomic E-state index is 4.70. The van der Waals surface area contributed by atoms with Crippen LogP contribution in [0.25, 0.3) is 55.6 Å². The van der Waals surface area contributed by atoms with Gasteiger partial charge in [-0.25, -0.2) is 0 Å². The van der Waals surface area contributed by atoms with Crippen LogP contribution in [0.15, 0.2) is 110 Å². The molecule has 0 bridgehead atoms. The molecule has 0 atom stereocenters. The third-order valence-corrected chi connectivity index (χ3v) is 6.95. The van der Waals surface area contributed by atoms with Gasteiger partial charge in [0.15, 0.2) is 0 Å². The van der Waals surface area contributed by atoms with Crippen molar-refractivity contribution < 1.29 is 0 Å². The molecule has 0 saturated carbocycles. The van der Waals surface area contributed by atoms with Crippen molar-refractivity contribution in [3.05, 3.63) is 121 Å². The number of nitrogens with zero attached hydrogens (tertiary/aromatic N) is 4. The van der Waals surface area contributed by atoms with Gasteiger partial charge in [-0.05, 0) is 58.7 Å². The highest BCUT2D eigenvalue weighted by molar-refractivity contribution is 6.01. The van der Waals surface area contributed by atoms with Gasteiger partial charge >= 0.3 is 0 Å². The fourth-order valence-electron chi connectivity index (χ4n) is 5.02. The maximum Gasteiger partial charge on any atom is 0.116 e. The monoisotopic (exact) mass is 507 g/mol. The smallest absolute Gasteiger partial charge is 0.116 e. The summed E-state index contributed by atoms with van der Waals surface area (Å²) in [5, 5.41) is 13.4. The van der Waals surface area contributed by atoms with Gasteiger partial charge in [0.1, 0.15) is 5.69 Å². The number of aromatic amines is 2. The highest BCUT2D eigenvalue weighted by Gasteiger charge is 2.15. The molecule has 2 aromatic carbocycles. The molecule has 0 radical (unpaired) electrons. The molecule has 188 valence electrons. The Balaban J connectivity index is 1.20. The van der Waals surface area contributed by atoms with Crippen molar-refractivity contribution in [3.63, 3.8) is 0 Å². The number of aromatic nitrogens is 6. The minimum Gasteiger partial charge on any atom is -0.353 e. The Hall–Kier alpha value is -5.14. The number of nitrogens with one attached hydrogen (secondary N) is 3. The lowest BCUT2D eigenvalue weighted by atomic mass is 10.0. The average molecular weight is 508 g/mol. The van der Waals surface area contributed by atoms with E-state index < -0.39 is 0 Å². The summed E-state index contributed by atoms with van der Waals surface area (Å²) in [6, 6.07) is 27.1. The first-order valence-corrected chi connectivity index (χ1v) is 12.9. The minimum absolute atomic E-state index is 0.726. The van der Waals surface area contributed by atoms with Crippen LogP contribution in [0.1, 0.15) is 11.1 Å². The summed E-state index contributed by atoms with van der Waals surface area (Å²) in [5.41, 5.74) is 10.2. The second-order valence-electron chi connectivity index (χ2n) is 9.54. The number of pyridine rings is 3. The molecule has 3 N–H and O–H groups in total. The standard InChI is InChI=1S/C32H25N7/c1-2-5-21(6-3-1)16-34-17-22-13-24(19-35-18-22)29-15-27-31(20-36-29)38-39-32(27)30-14-26-25(7-4-8-28(26)37-30)23-9-11-33-12-10-23/h1-15,18-20,34,37H,16-17H2,(H,38,39). The third-order valence-electron chi connectivity index (χ3n) is 6.95. The summed E-state index contributed by atoms with van der Waals surface area (Å²) in [5.74, 6) is 0. The molecule has 0 aliphatic carbocycles. The summed E-state index contributed by atoms with van der Waals surface area (Å²) >= 11 is 0. The zero-order chi connectivity index (χ0) is 26.0. The molecule has 5 aromatic heterocycles. The van der Waals surface area contributed by atoms with Gasteiger partial charge < -0.3 is 10.3 Å². The Morgan fingerprint density at radius 2 is 1.54 bits per heavy atom. The Bertz CT molecular complexity index is 1890.